The molecule has 7 heteroatoms. The van der Waals surface area contributed by atoms with Gasteiger partial charge in [0.1, 0.15) is 6.04 Å². The summed E-state index contributed by atoms with van der Waals surface area (Å²) in [6.45, 7) is 1.63. The number of amides is 1. The molecule has 1 amide bonds. The van der Waals surface area contributed by atoms with Crippen molar-refractivity contribution in [2.45, 2.75) is 32.2 Å². The van der Waals surface area contributed by atoms with Gasteiger partial charge in [-0.05, 0) is 13.3 Å². The van der Waals surface area contributed by atoms with E-state index in [1.54, 1.807) is 13.1 Å². The van der Waals surface area contributed by atoms with Gasteiger partial charge < -0.3 is 20.4 Å². The number of carbonyl (C=O) groups is 2. The average molecular weight is 266 g/mol. The van der Waals surface area contributed by atoms with Crippen LogP contribution in [-0.4, -0.2) is 40.7 Å². The van der Waals surface area contributed by atoms with Crippen molar-refractivity contribution in [2.75, 3.05) is 7.11 Å². The highest BCUT2D eigenvalue weighted by Crippen LogP contribution is 2.02. The van der Waals surface area contributed by atoms with Crippen molar-refractivity contribution in [3.63, 3.8) is 0 Å². The van der Waals surface area contributed by atoms with Crippen LogP contribution < -0.4 is 5.32 Å². The number of imidazole rings is 1. The number of nitrogens with one attached hydrogen (secondary N) is 3. The van der Waals surface area contributed by atoms with E-state index in [0.29, 0.717) is 18.6 Å². The Hall–Kier alpha value is -2.18. The van der Waals surface area contributed by atoms with Gasteiger partial charge in [-0.15, -0.1) is 0 Å². The Labute approximate surface area is 111 Å². The first-order valence-electron chi connectivity index (χ1n) is 5.91. The van der Waals surface area contributed by atoms with Gasteiger partial charge in [-0.1, -0.05) is 0 Å². The van der Waals surface area contributed by atoms with Crippen LogP contribution in [0.25, 0.3) is 0 Å². The van der Waals surface area contributed by atoms with Gasteiger partial charge in [-0.25, -0.2) is 9.78 Å². The molecule has 0 spiro atoms. The van der Waals surface area contributed by atoms with Crippen LogP contribution in [-0.2, 0) is 20.7 Å². The van der Waals surface area contributed by atoms with Crippen LogP contribution in [0.15, 0.2) is 12.5 Å². The molecule has 1 aromatic heterocycles. The minimum atomic E-state index is -0.746. The fraction of sp³-hybridized carbons (Fsp3) is 0.500. The summed E-state index contributed by atoms with van der Waals surface area (Å²) in [5.41, 5.74) is 1.16. The highest BCUT2D eigenvalue weighted by molar-refractivity contribution is 5.88. The third kappa shape index (κ3) is 5.33. The lowest BCUT2D eigenvalue weighted by molar-refractivity contribution is -0.145. The highest BCUT2D eigenvalue weighted by atomic mass is 16.5. The molecule has 1 rings (SSSR count). The fourth-order valence-corrected chi connectivity index (χ4v) is 1.52. The zero-order valence-electron chi connectivity index (χ0n) is 11.0. The lowest BCUT2D eigenvalue weighted by atomic mass is 10.1. The van der Waals surface area contributed by atoms with Gasteiger partial charge in [0.25, 0.3) is 0 Å². The summed E-state index contributed by atoms with van der Waals surface area (Å²) in [5, 5.41) is 9.87. The molecule has 104 valence electrons. The topological polar surface area (TPSA) is 108 Å². The van der Waals surface area contributed by atoms with E-state index in [1.807, 2.05) is 0 Å². The number of aromatic nitrogens is 2. The van der Waals surface area contributed by atoms with Crippen molar-refractivity contribution < 1.29 is 14.3 Å². The minimum absolute atomic E-state index is 0.186. The van der Waals surface area contributed by atoms with E-state index < -0.39 is 12.0 Å². The van der Waals surface area contributed by atoms with Crippen molar-refractivity contribution in [3.05, 3.63) is 18.2 Å². The maximum atomic E-state index is 11.7. The molecular weight excluding hydrogens is 248 g/mol. The Balaban J connectivity index is 2.57. The van der Waals surface area contributed by atoms with Crippen LogP contribution in [0, 0.1) is 5.41 Å². The third-order valence-corrected chi connectivity index (χ3v) is 2.53. The first-order valence-corrected chi connectivity index (χ1v) is 5.91. The zero-order valence-corrected chi connectivity index (χ0v) is 11.0. The summed E-state index contributed by atoms with van der Waals surface area (Å²) in [6.07, 6.45) is 3.95. The zero-order chi connectivity index (χ0) is 14.3. The molecular formula is C12H18N4O3. The normalized spacial score (nSPS) is 11.7. The van der Waals surface area contributed by atoms with Gasteiger partial charge in [0.15, 0.2) is 0 Å². The molecule has 0 aliphatic rings. The monoisotopic (exact) mass is 266 g/mol. The maximum Gasteiger partial charge on any atom is 0.328 e. The molecule has 0 radical (unpaired) electrons. The Morgan fingerprint density at radius 2 is 2.26 bits per heavy atom. The third-order valence-electron chi connectivity index (χ3n) is 2.53. The van der Waals surface area contributed by atoms with Crippen molar-refractivity contribution in [1.29, 1.82) is 5.41 Å². The lowest BCUT2D eigenvalue weighted by Gasteiger charge is -2.15. The number of carbonyl (C=O) groups excluding carboxylic acids is 2. The number of methoxy groups -OCH3 is 1. The van der Waals surface area contributed by atoms with Crippen molar-refractivity contribution in [2.24, 2.45) is 0 Å². The second-order valence-corrected chi connectivity index (χ2v) is 4.20. The molecule has 7 nitrogen and oxygen atoms in total. The molecule has 19 heavy (non-hydrogen) atoms. The molecule has 0 saturated heterocycles. The standard InChI is InChI=1S/C12H18N4O3/c1-8(13)3-4-11(17)16-10(12(18)19-2)5-9-6-14-7-15-9/h6-7,10,13H,3-5H2,1-2H3,(H,14,15)(H,16,17). The van der Waals surface area contributed by atoms with E-state index in [0.717, 1.165) is 5.69 Å². The Kier molecular flexibility index (Phi) is 5.72. The predicted octanol–water partition coefficient (Wildman–Crippen LogP) is 0.430. The van der Waals surface area contributed by atoms with Crippen LogP contribution in [0.4, 0.5) is 0 Å². The number of rotatable bonds is 7. The van der Waals surface area contributed by atoms with Crippen molar-refractivity contribution in [3.8, 4) is 0 Å². The molecule has 1 heterocycles. The average Bonchev–Trinajstić information content (AvgIpc) is 2.87. The van der Waals surface area contributed by atoms with Crippen LogP contribution in [0.1, 0.15) is 25.5 Å². The molecule has 0 bridgehead atoms. The van der Waals surface area contributed by atoms with Crippen molar-refractivity contribution >= 4 is 17.6 Å². The van der Waals surface area contributed by atoms with E-state index in [2.05, 4.69) is 20.0 Å². The molecule has 0 aliphatic heterocycles. The number of ether oxygens (including phenoxy) is 1. The SMILES string of the molecule is COC(=O)C(Cc1cnc[nH]1)NC(=O)CCC(C)=N. The summed E-state index contributed by atoms with van der Waals surface area (Å²) in [4.78, 5) is 30.0. The van der Waals surface area contributed by atoms with Crippen LogP contribution in [0.3, 0.4) is 0 Å². The first-order chi connectivity index (χ1) is 9.02. The second-order valence-electron chi connectivity index (χ2n) is 4.20. The quantitative estimate of drug-likeness (QED) is 0.491. The van der Waals surface area contributed by atoms with E-state index in [1.165, 1.54) is 13.4 Å². The molecule has 1 unspecified atom stereocenters. The summed E-state index contributed by atoms with van der Waals surface area (Å²) in [6, 6.07) is -0.746. The number of H-pyrrole nitrogens is 1. The molecule has 3 N–H and O–H groups in total. The molecule has 0 fully saturated rings. The Morgan fingerprint density at radius 3 is 2.79 bits per heavy atom. The number of nitrogens with zero attached hydrogens (tertiary/aromatic N) is 1. The Bertz CT molecular complexity index is 442. The summed E-state index contributed by atoms with van der Waals surface area (Å²) in [7, 11) is 1.27. The Morgan fingerprint density at radius 1 is 1.53 bits per heavy atom. The second kappa shape index (κ2) is 7.30. The molecule has 0 saturated carbocycles. The van der Waals surface area contributed by atoms with Crippen LogP contribution in [0.2, 0.25) is 0 Å². The van der Waals surface area contributed by atoms with E-state index >= 15 is 0 Å². The smallest absolute Gasteiger partial charge is 0.328 e. The molecule has 0 aliphatic carbocycles. The number of hydrogen-bond donors (Lipinski definition) is 3. The summed E-state index contributed by atoms with van der Waals surface area (Å²) >= 11 is 0. The number of aromatic amines is 1. The maximum absolute atomic E-state index is 11.7. The van der Waals surface area contributed by atoms with Gasteiger partial charge in [0.2, 0.25) is 5.91 Å². The van der Waals surface area contributed by atoms with Gasteiger partial charge in [0.05, 0.1) is 13.4 Å². The molecule has 0 aromatic carbocycles. The highest BCUT2D eigenvalue weighted by Gasteiger charge is 2.22. The predicted molar refractivity (Wildman–Crippen MR) is 68.9 cm³/mol. The van der Waals surface area contributed by atoms with Crippen LogP contribution >= 0.6 is 0 Å². The van der Waals surface area contributed by atoms with E-state index in [4.69, 9.17) is 5.41 Å². The van der Waals surface area contributed by atoms with Crippen LogP contribution in [0.5, 0.6) is 0 Å². The van der Waals surface area contributed by atoms with Crippen molar-refractivity contribution in [1.82, 2.24) is 15.3 Å². The first kappa shape index (κ1) is 14.9. The minimum Gasteiger partial charge on any atom is -0.467 e. The molecule has 1 aromatic rings. The number of hydrogen-bond acceptors (Lipinski definition) is 5. The van der Waals surface area contributed by atoms with Gasteiger partial charge in [0, 0.05) is 30.4 Å². The van der Waals surface area contributed by atoms with E-state index in [9.17, 15) is 9.59 Å². The lowest BCUT2D eigenvalue weighted by Crippen LogP contribution is -2.43. The fourth-order valence-electron chi connectivity index (χ4n) is 1.52. The number of esters is 1. The van der Waals surface area contributed by atoms with E-state index in [-0.39, 0.29) is 12.3 Å². The van der Waals surface area contributed by atoms with Gasteiger partial charge >= 0.3 is 5.97 Å². The van der Waals surface area contributed by atoms with Gasteiger partial charge in [-0.2, -0.15) is 0 Å². The summed E-state index contributed by atoms with van der Waals surface area (Å²) in [5.74, 6) is -0.781. The molecule has 1 atom stereocenters. The largest absolute Gasteiger partial charge is 0.467 e. The van der Waals surface area contributed by atoms with Gasteiger partial charge in [-0.3, -0.25) is 4.79 Å². The summed E-state index contributed by atoms with van der Waals surface area (Å²) < 4.78 is 4.66.